The summed E-state index contributed by atoms with van der Waals surface area (Å²) in [5.74, 6) is 0.710. The second kappa shape index (κ2) is 7.86. The van der Waals surface area contributed by atoms with Crippen LogP contribution in [0, 0.1) is 0 Å². The summed E-state index contributed by atoms with van der Waals surface area (Å²) < 4.78 is 33.4. The van der Waals surface area contributed by atoms with Crippen molar-refractivity contribution in [1.29, 1.82) is 0 Å². The summed E-state index contributed by atoms with van der Waals surface area (Å²) in [5.41, 5.74) is 2.03. The summed E-state index contributed by atoms with van der Waals surface area (Å²) in [4.78, 5) is 3.33. The lowest BCUT2D eigenvalue weighted by atomic mass is 10.1. The van der Waals surface area contributed by atoms with Crippen LogP contribution in [0.5, 0.6) is 0 Å². The van der Waals surface area contributed by atoms with Crippen LogP contribution in [0.1, 0.15) is 18.5 Å². The average Bonchev–Trinajstić information content (AvgIpc) is 3.49. The number of aromatic amines is 1. The van der Waals surface area contributed by atoms with Crippen molar-refractivity contribution in [2.75, 3.05) is 18.0 Å². The molecule has 1 saturated heterocycles. The fraction of sp³-hybridized carbons (Fsp3) is 0.300. The minimum absolute atomic E-state index is 0.0971. The first-order valence-corrected chi connectivity index (χ1v) is 12.3. The minimum atomic E-state index is -3.51. The van der Waals surface area contributed by atoms with E-state index in [4.69, 9.17) is 4.52 Å². The number of benzene rings is 1. The van der Waals surface area contributed by atoms with Crippen LogP contribution >= 0.6 is 11.3 Å². The molecule has 0 spiro atoms. The molecule has 0 saturated carbocycles. The Kier molecular flexibility index (Phi) is 5.05. The van der Waals surface area contributed by atoms with E-state index in [0.29, 0.717) is 11.3 Å². The summed E-state index contributed by atoms with van der Waals surface area (Å²) in [6.45, 7) is 1.49. The predicted molar refractivity (Wildman–Crippen MR) is 117 cm³/mol. The van der Waals surface area contributed by atoms with Gasteiger partial charge < -0.3 is 9.42 Å². The molecule has 1 aliphatic heterocycles. The van der Waals surface area contributed by atoms with Crippen molar-refractivity contribution < 1.29 is 12.9 Å². The van der Waals surface area contributed by atoms with Crippen molar-refractivity contribution in [2.45, 2.75) is 24.6 Å². The van der Waals surface area contributed by atoms with Crippen LogP contribution in [-0.2, 0) is 15.8 Å². The summed E-state index contributed by atoms with van der Waals surface area (Å²) in [6, 6.07) is 13.3. The van der Waals surface area contributed by atoms with Gasteiger partial charge in [-0.05, 0) is 36.4 Å². The van der Waals surface area contributed by atoms with Crippen LogP contribution in [0.15, 0.2) is 52.4 Å². The molecule has 30 heavy (non-hydrogen) atoms. The number of nitrogens with zero attached hydrogens (tertiary/aromatic N) is 3. The molecule has 0 aliphatic carbocycles. The SMILES string of the molecule is O=S(=O)(Cc1noc2ccccc12)NC1CCN(c2cc(-c3cccs3)[nH]n2)CC1. The Morgan fingerprint density at radius 2 is 2.03 bits per heavy atom. The summed E-state index contributed by atoms with van der Waals surface area (Å²) in [7, 11) is -3.51. The third-order valence-electron chi connectivity index (χ3n) is 5.30. The number of fused-ring (bicyclic) bond motifs is 1. The highest BCUT2D eigenvalue weighted by Crippen LogP contribution is 2.27. The van der Waals surface area contributed by atoms with Gasteiger partial charge in [-0.25, -0.2) is 13.1 Å². The van der Waals surface area contributed by atoms with E-state index in [9.17, 15) is 8.42 Å². The summed E-state index contributed by atoms with van der Waals surface area (Å²) in [5, 5.41) is 14.2. The maximum atomic E-state index is 12.7. The van der Waals surface area contributed by atoms with Crippen LogP contribution in [0.25, 0.3) is 21.5 Å². The van der Waals surface area contributed by atoms with E-state index < -0.39 is 10.0 Å². The Bertz CT molecular complexity index is 1240. The first-order valence-electron chi connectivity index (χ1n) is 9.75. The Hall–Kier alpha value is -2.69. The predicted octanol–water partition coefficient (Wildman–Crippen LogP) is 3.37. The second-order valence-corrected chi connectivity index (χ2v) is 10.1. The van der Waals surface area contributed by atoms with E-state index in [-0.39, 0.29) is 11.8 Å². The third-order valence-corrected chi connectivity index (χ3v) is 7.54. The monoisotopic (exact) mass is 443 g/mol. The van der Waals surface area contributed by atoms with Crippen molar-refractivity contribution in [3.05, 3.63) is 53.5 Å². The molecule has 1 aliphatic rings. The highest BCUT2D eigenvalue weighted by Gasteiger charge is 2.26. The van der Waals surface area contributed by atoms with Crippen LogP contribution < -0.4 is 9.62 Å². The van der Waals surface area contributed by atoms with E-state index >= 15 is 0 Å². The van der Waals surface area contributed by atoms with Crippen LogP contribution in [0.4, 0.5) is 5.82 Å². The maximum absolute atomic E-state index is 12.7. The smallest absolute Gasteiger partial charge is 0.217 e. The van der Waals surface area contributed by atoms with E-state index in [0.717, 1.165) is 47.7 Å². The lowest BCUT2D eigenvalue weighted by molar-refractivity contribution is 0.444. The standard InChI is InChI=1S/C20H21N5O3S2/c26-30(27,13-17-15-4-1-2-5-18(15)28-23-17)24-14-7-9-25(10-8-14)20-12-16(21-22-20)19-6-3-11-29-19/h1-6,11-12,14,24H,7-10,13H2,(H,21,22). The lowest BCUT2D eigenvalue weighted by Crippen LogP contribution is -2.45. The third kappa shape index (κ3) is 3.98. The molecule has 10 heteroatoms. The fourth-order valence-electron chi connectivity index (χ4n) is 3.78. The Labute approximate surface area is 177 Å². The molecule has 4 aromatic rings. The van der Waals surface area contributed by atoms with Crippen LogP contribution in [0.2, 0.25) is 0 Å². The molecule has 5 rings (SSSR count). The van der Waals surface area contributed by atoms with Gasteiger partial charge in [-0.15, -0.1) is 11.3 Å². The molecule has 3 aromatic heterocycles. The van der Waals surface area contributed by atoms with Crippen molar-refractivity contribution in [3.63, 3.8) is 0 Å². The largest absolute Gasteiger partial charge is 0.356 e. The topological polar surface area (TPSA) is 104 Å². The Morgan fingerprint density at radius 1 is 1.20 bits per heavy atom. The fourth-order valence-corrected chi connectivity index (χ4v) is 5.86. The number of hydrogen-bond donors (Lipinski definition) is 2. The number of rotatable bonds is 6. The van der Waals surface area contributed by atoms with Crippen molar-refractivity contribution >= 4 is 38.1 Å². The number of thiophene rings is 1. The Morgan fingerprint density at radius 3 is 2.83 bits per heavy atom. The van der Waals surface area contributed by atoms with Crippen LogP contribution in [0.3, 0.4) is 0 Å². The molecule has 0 amide bonds. The van der Waals surface area contributed by atoms with Gasteiger partial charge in [0.1, 0.15) is 11.4 Å². The summed E-state index contributed by atoms with van der Waals surface area (Å²) >= 11 is 1.67. The number of sulfonamides is 1. The highest BCUT2D eigenvalue weighted by molar-refractivity contribution is 7.88. The zero-order valence-electron chi connectivity index (χ0n) is 16.1. The van der Waals surface area contributed by atoms with Gasteiger partial charge in [-0.1, -0.05) is 23.4 Å². The van der Waals surface area contributed by atoms with Crippen molar-refractivity contribution in [3.8, 4) is 10.6 Å². The van der Waals surface area contributed by atoms with Crippen LogP contribution in [-0.4, -0.2) is 42.9 Å². The van der Waals surface area contributed by atoms with E-state index in [1.54, 1.807) is 17.4 Å². The first-order chi connectivity index (χ1) is 14.6. The number of H-pyrrole nitrogens is 1. The normalized spacial score (nSPS) is 15.8. The Balaban J connectivity index is 1.19. The number of nitrogens with one attached hydrogen (secondary N) is 2. The van der Waals surface area contributed by atoms with Gasteiger partial charge in [-0.3, -0.25) is 5.10 Å². The van der Waals surface area contributed by atoms with Gasteiger partial charge in [0.25, 0.3) is 0 Å². The molecular weight excluding hydrogens is 422 g/mol. The van der Waals surface area contributed by atoms with Gasteiger partial charge in [0.2, 0.25) is 10.0 Å². The van der Waals surface area contributed by atoms with E-state index in [2.05, 4.69) is 31.0 Å². The number of anilines is 1. The zero-order valence-corrected chi connectivity index (χ0v) is 17.7. The molecule has 0 unspecified atom stereocenters. The average molecular weight is 444 g/mol. The zero-order chi connectivity index (χ0) is 20.6. The molecule has 8 nitrogen and oxygen atoms in total. The molecule has 0 atom stereocenters. The summed E-state index contributed by atoms with van der Waals surface area (Å²) in [6.07, 6.45) is 1.44. The molecule has 4 heterocycles. The van der Waals surface area contributed by atoms with E-state index in [1.165, 1.54) is 0 Å². The maximum Gasteiger partial charge on any atom is 0.217 e. The quantitative estimate of drug-likeness (QED) is 0.474. The molecular formula is C20H21N5O3S2. The van der Waals surface area contributed by atoms with Crippen molar-refractivity contribution in [1.82, 2.24) is 20.1 Å². The van der Waals surface area contributed by atoms with Gasteiger partial charge in [0, 0.05) is 30.6 Å². The molecule has 1 fully saturated rings. The first kappa shape index (κ1) is 19.3. The number of para-hydroxylation sites is 1. The van der Waals surface area contributed by atoms with E-state index in [1.807, 2.05) is 35.7 Å². The van der Waals surface area contributed by atoms with Gasteiger partial charge in [0.05, 0.1) is 10.6 Å². The lowest BCUT2D eigenvalue weighted by Gasteiger charge is -2.32. The molecule has 1 aromatic carbocycles. The van der Waals surface area contributed by atoms with Gasteiger partial charge in [-0.2, -0.15) is 5.10 Å². The highest BCUT2D eigenvalue weighted by atomic mass is 32.2. The number of piperidine rings is 1. The number of aromatic nitrogens is 3. The minimum Gasteiger partial charge on any atom is -0.356 e. The molecule has 156 valence electrons. The second-order valence-electron chi connectivity index (χ2n) is 7.38. The number of hydrogen-bond acceptors (Lipinski definition) is 7. The van der Waals surface area contributed by atoms with Gasteiger partial charge >= 0.3 is 0 Å². The van der Waals surface area contributed by atoms with Gasteiger partial charge in [0.15, 0.2) is 11.4 Å². The molecule has 2 N–H and O–H groups in total. The molecule has 0 radical (unpaired) electrons. The molecule has 0 bridgehead atoms. The van der Waals surface area contributed by atoms with Crippen molar-refractivity contribution in [2.24, 2.45) is 0 Å².